The molecule has 0 radical (unpaired) electrons. The smallest absolute Gasteiger partial charge is 0.223 e. The molecule has 2 fully saturated rings. The molecule has 0 bridgehead atoms. The van der Waals surface area contributed by atoms with Crippen LogP contribution in [0.1, 0.15) is 41.9 Å². The molecular formula is C21H29N3O2S. The van der Waals surface area contributed by atoms with Gasteiger partial charge in [-0.05, 0) is 81.0 Å². The van der Waals surface area contributed by atoms with Crippen molar-refractivity contribution in [2.24, 2.45) is 5.92 Å². The molecular weight excluding hydrogens is 358 g/mol. The molecule has 0 aromatic carbocycles. The van der Waals surface area contributed by atoms with Crippen molar-refractivity contribution < 1.29 is 9.21 Å². The van der Waals surface area contributed by atoms with Gasteiger partial charge in [-0.15, -0.1) is 11.3 Å². The van der Waals surface area contributed by atoms with Crippen molar-refractivity contribution in [2.45, 2.75) is 45.3 Å². The standard InChI is InChI=1S/C21H29N3O2S/c25-21(22-13-19-4-3-11-26-19)18-5-9-24(10-6-18)15-20-12-17(16-27-20)14-23-7-1-2-8-23/h3-4,11-12,16,18H,1-2,5-10,13-15H2,(H,22,25). The number of thiophene rings is 1. The summed E-state index contributed by atoms with van der Waals surface area (Å²) in [5.41, 5.74) is 1.46. The Bertz CT molecular complexity index is 714. The molecule has 5 nitrogen and oxygen atoms in total. The van der Waals surface area contributed by atoms with Gasteiger partial charge in [-0.2, -0.15) is 0 Å². The lowest BCUT2D eigenvalue weighted by atomic mass is 9.96. The number of carbonyl (C=O) groups is 1. The maximum absolute atomic E-state index is 12.4. The minimum atomic E-state index is 0.130. The first-order chi connectivity index (χ1) is 13.3. The number of furan rings is 1. The number of nitrogens with zero attached hydrogens (tertiary/aromatic N) is 2. The summed E-state index contributed by atoms with van der Waals surface area (Å²) >= 11 is 1.88. The second kappa shape index (κ2) is 9.04. The van der Waals surface area contributed by atoms with Crippen molar-refractivity contribution in [1.82, 2.24) is 15.1 Å². The largest absolute Gasteiger partial charge is 0.467 e. The number of likely N-dealkylation sites (tertiary alicyclic amines) is 2. The monoisotopic (exact) mass is 387 g/mol. The third-order valence-corrected chi connectivity index (χ3v) is 6.64. The molecule has 2 aromatic heterocycles. The fourth-order valence-corrected chi connectivity index (χ4v) is 5.02. The Morgan fingerprint density at radius 3 is 2.67 bits per heavy atom. The molecule has 2 saturated heterocycles. The van der Waals surface area contributed by atoms with Crippen molar-refractivity contribution in [2.75, 3.05) is 26.2 Å². The SMILES string of the molecule is O=C(NCc1ccco1)C1CCN(Cc2cc(CN3CCCC3)cs2)CC1. The highest BCUT2D eigenvalue weighted by molar-refractivity contribution is 7.10. The highest BCUT2D eigenvalue weighted by Gasteiger charge is 2.25. The summed E-state index contributed by atoms with van der Waals surface area (Å²) in [6, 6.07) is 6.12. The summed E-state index contributed by atoms with van der Waals surface area (Å²) in [5.74, 6) is 1.10. The second-order valence-corrected chi connectivity index (χ2v) is 8.75. The average molecular weight is 388 g/mol. The summed E-state index contributed by atoms with van der Waals surface area (Å²) in [6.45, 7) is 7.11. The first-order valence-corrected chi connectivity index (χ1v) is 11.0. The van der Waals surface area contributed by atoms with E-state index in [2.05, 4.69) is 26.6 Å². The highest BCUT2D eigenvalue weighted by atomic mass is 32.1. The maximum atomic E-state index is 12.4. The zero-order valence-corrected chi connectivity index (χ0v) is 16.7. The van der Waals surface area contributed by atoms with Crippen molar-refractivity contribution >= 4 is 17.2 Å². The van der Waals surface area contributed by atoms with Crippen molar-refractivity contribution in [1.29, 1.82) is 0 Å². The minimum Gasteiger partial charge on any atom is -0.467 e. The van der Waals surface area contributed by atoms with Gasteiger partial charge in [0, 0.05) is 23.9 Å². The number of piperidine rings is 1. The number of hydrogen-bond acceptors (Lipinski definition) is 5. The lowest BCUT2D eigenvalue weighted by molar-refractivity contribution is -0.126. The molecule has 0 unspecified atom stereocenters. The van der Waals surface area contributed by atoms with Gasteiger partial charge in [0.25, 0.3) is 0 Å². The zero-order valence-electron chi connectivity index (χ0n) is 15.9. The molecule has 1 N–H and O–H groups in total. The molecule has 0 atom stereocenters. The Morgan fingerprint density at radius 1 is 1.15 bits per heavy atom. The molecule has 2 aromatic rings. The zero-order chi connectivity index (χ0) is 18.5. The van der Waals surface area contributed by atoms with Gasteiger partial charge < -0.3 is 9.73 Å². The number of amides is 1. The van der Waals surface area contributed by atoms with Gasteiger partial charge in [0.1, 0.15) is 5.76 Å². The van der Waals surface area contributed by atoms with Crippen LogP contribution in [-0.4, -0.2) is 41.9 Å². The van der Waals surface area contributed by atoms with Gasteiger partial charge in [-0.1, -0.05) is 0 Å². The van der Waals surface area contributed by atoms with Crippen LogP contribution in [0.4, 0.5) is 0 Å². The predicted octanol–water partition coefficient (Wildman–Crippen LogP) is 3.47. The fourth-order valence-electron chi connectivity index (χ4n) is 4.10. The Balaban J connectivity index is 1.19. The summed E-state index contributed by atoms with van der Waals surface area (Å²) in [4.78, 5) is 18.8. The molecule has 2 aliphatic rings. The molecule has 146 valence electrons. The van der Waals surface area contributed by atoms with E-state index in [-0.39, 0.29) is 11.8 Å². The topological polar surface area (TPSA) is 48.7 Å². The average Bonchev–Trinajstić information content (AvgIpc) is 3.44. The molecule has 0 spiro atoms. The number of nitrogens with one attached hydrogen (secondary N) is 1. The first-order valence-electron chi connectivity index (χ1n) is 10.1. The molecule has 4 rings (SSSR count). The van der Waals surface area contributed by atoms with E-state index >= 15 is 0 Å². The van der Waals surface area contributed by atoms with E-state index in [0.717, 1.165) is 44.8 Å². The van der Waals surface area contributed by atoms with E-state index in [1.165, 1.54) is 36.4 Å². The Kier molecular flexibility index (Phi) is 6.27. The predicted molar refractivity (Wildman–Crippen MR) is 107 cm³/mol. The van der Waals surface area contributed by atoms with Crippen LogP contribution < -0.4 is 5.32 Å². The highest BCUT2D eigenvalue weighted by Crippen LogP contribution is 2.23. The van der Waals surface area contributed by atoms with Crippen LogP contribution in [0, 0.1) is 5.92 Å². The Hall–Kier alpha value is -1.63. The third kappa shape index (κ3) is 5.21. The lowest BCUT2D eigenvalue weighted by Crippen LogP contribution is -2.39. The number of rotatable bonds is 7. The van der Waals surface area contributed by atoms with Crippen LogP contribution in [0.3, 0.4) is 0 Å². The molecule has 6 heteroatoms. The summed E-state index contributed by atoms with van der Waals surface area (Å²) < 4.78 is 5.27. The number of carbonyl (C=O) groups excluding carboxylic acids is 1. The fraction of sp³-hybridized carbons (Fsp3) is 0.571. The second-order valence-electron chi connectivity index (χ2n) is 7.75. The molecule has 4 heterocycles. The van der Waals surface area contributed by atoms with Crippen LogP contribution >= 0.6 is 11.3 Å². The van der Waals surface area contributed by atoms with E-state index in [9.17, 15) is 4.79 Å². The van der Waals surface area contributed by atoms with Gasteiger partial charge in [0.15, 0.2) is 0 Å². The van der Waals surface area contributed by atoms with Gasteiger partial charge in [-0.3, -0.25) is 14.6 Å². The Morgan fingerprint density at radius 2 is 1.93 bits per heavy atom. The van der Waals surface area contributed by atoms with E-state index in [0.29, 0.717) is 6.54 Å². The quantitative estimate of drug-likeness (QED) is 0.790. The van der Waals surface area contributed by atoms with E-state index < -0.39 is 0 Å². The number of hydrogen-bond donors (Lipinski definition) is 1. The molecule has 0 aliphatic carbocycles. The van der Waals surface area contributed by atoms with E-state index in [1.54, 1.807) is 6.26 Å². The molecule has 0 saturated carbocycles. The van der Waals surface area contributed by atoms with Crippen LogP contribution in [0.2, 0.25) is 0 Å². The van der Waals surface area contributed by atoms with E-state index in [4.69, 9.17) is 4.42 Å². The van der Waals surface area contributed by atoms with Crippen molar-refractivity contribution in [3.63, 3.8) is 0 Å². The van der Waals surface area contributed by atoms with Gasteiger partial charge >= 0.3 is 0 Å². The van der Waals surface area contributed by atoms with Crippen LogP contribution in [0.25, 0.3) is 0 Å². The third-order valence-electron chi connectivity index (χ3n) is 5.67. The minimum absolute atomic E-state index is 0.130. The van der Waals surface area contributed by atoms with Gasteiger partial charge in [0.05, 0.1) is 12.8 Å². The lowest BCUT2D eigenvalue weighted by Gasteiger charge is -2.30. The van der Waals surface area contributed by atoms with E-state index in [1.807, 2.05) is 23.5 Å². The molecule has 2 aliphatic heterocycles. The van der Waals surface area contributed by atoms with Gasteiger partial charge in [0.2, 0.25) is 5.91 Å². The van der Waals surface area contributed by atoms with Crippen molar-refractivity contribution in [3.8, 4) is 0 Å². The normalized spacial score (nSPS) is 19.6. The van der Waals surface area contributed by atoms with Crippen LogP contribution in [-0.2, 0) is 24.4 Å². The summed E-state index contributed by atoms with van der Waals surface area (Å²) in [5, 5.41) is 5.33. The van der Waals surface area contributed by atoms with Crippen LogP contribution in [0.15, 0.2) is 34.3 Å². The van der Waals surface area contributed by atoms with Gasteiger partial charge in [-0.25, -0.2) is 0 Å². The first kappa shape index (κ1) is 18.7. The van der Waals surface area contributed by atoms with Crippen LogP contribution in [0.5, 0.6) is 0 Å². The van der Waals surface area contributed by atoms with Crippen molar-refractivity contribution in [3.05, 3.63) is 46.0 Å². The molecule has 1 amide bonds. The summed E-state index contributed by atoms with van der Waals surface area (Å²) in [6.07, 6.45) is 6.22. The molecule has 27 heavy (non-hydrogen) atoms. The summed E-state index contributed by atoms with van der Waals surface area (Å²) in [7, 11) is 0. The maximum Gasteiger partial charge on any atom is 0.223 e. The Labute approximate surface area is 165 Å².